The molecule has 1 rings (SSSR count). The van der Waals surface area contributed by atoms with Crippen molar-refractivity contribution in [2.45, 2.75) is 20.3 Å². The second kappa shape index (κ2) is 6.69. The molecule has 0 saturated carbocycles. The summed E-state index contributed by atoms with van der Waals surface area (Å²) >= 11 is 0. The molecular formula is C15H19NO. The molecule has 0 aliphatic rings. The molecular weight excluding hydrogens is 210 g/mol. The Labute approximate surface area is 103 Å². The van der Waals surface area contributed by atoms with E-state index in [0.29, 0.717) is 11.5 Å². The van der Waals surface area contributed by atoms with Crippen LogP contribution in [0.15, 0.2) is 49.2 Å². The van der Waals surface area contributed by atoms with Gasteiger partial charge in [-0.1, -0.05) is 36.8 Å². The molecule has 0 heterocycles. The van der Waals surface area contributed by atoms with E-state index >= 15 is 0 Å². The maximum atomic E-state index is 11.7. The molecule has 1 aromatic rings. The largest absolute Gasteiger partial charge is 0.329 e. The molecule has 0 bridgehead atoms. The number of aryl methyl sites for hydroxylation is 1. The van der Waals surface area contributed by atoms with E-state index in [1.165, 1.54) is 0 Å². The first-order chi connectivity index (χ1) is 8.13. The monoisotopic (exact) mass is 229 g/mol. The first kappa shape index (κ1) is 13.2. The molecule has 0 radical (unpaired) electrons. The standard InChI is InChI=1S/C15H19NO/c1-4-12(2)6-5-11-16-15(17)14-9-7-13(3)8-10-14/h4-5,7-12H,1,6H2,2-3H3,(H,16,17)/b11-5+/t12-/m0/s1. The highest BCUT2D eigenvalue weighted by molar-refractivity contribution is 5.94. The summed E-state index contributed by atoms with van der Waals surface area (Å²) in [4.78, 5) is 11.7. The first-order valence-corrected chi connectivity index (χ1v) is 5.78. The van der Waals surface area contributed by atoms with E-state index in [9.17, 15) is 4.79 Å². The van der Waals surface area contributed by atoms with E-state index in [1.807, 2.05) is 43.3 Å². The highest BCUT2D eigenvalue weighted by Crippen LogP contribution is 2.04. The minimum atomic E-state index is -0.0764. The summed E-state index contributed by atoms with van der Waals surface area (Å²) in [5.74, 6) is 0.357. The number of allylic oxidation sites excluding steroid dienone is 2. The van der Waals surface area contributed by atoms with Gasteiger partial charge in [-0.15, -0.1) is 6.58 Å². The Morgan fingerprint density at radius 1 is 1.41 bits per heavy atom. The molecule has 90 valence electrons. The minimum absolute atomic E-state index is 0.0764. The number of amides is 1. The molecule has 0 aliphatic heterocycles. The Kier molecular flexibility index (Phi) is 5.21. The van der Waals surface area contributed by atoms with Crippen LogP contribution in [0.25, 0.3) is 0 Å². The van der Waals surface area contributed by atoms with Gasteiger partial charge in [0.2, 0.25) is 0 Å². The number of carbonyl (C=O) groups excluding carboxylic acids is 1. The quantitative estimate of drug-likeness (QED) is 0.770. The predicted molar refractivity (Wildman–Crippen MR) is 71.8 cm³/mol. The van der Waals surface area contributed by atoms with Crippen LogP contribution < -0.4 is 5.32 Å². The lowest BCUT2D eigenvalue weighted by Crippen LogP contribution is -2.16. The fraction of sp³-hybridized carbons (Fsp3) is 0.267. The van der Waals surface area contributed by atoms with Crippen molar-refractivity contribution >= 4 is 5.91 Å². The van der Waals surface area contributed by atoms with Crippen LogP contribution in [0.4, 0.5) is 0 Å². The number of benzene rings is 1. The number of hydrogen-bond donors (Lipinski definition) is 1. The maximum Gasteiger partial charge on any atom is 0.255 e. The van der Waals surface area contributed by atoms with E-state index in [-0.39, 0.29) is 5.91 Å². The van der Waals surface area contributed by atoms with Crippen molar-refractivity contribution in [3.63, 3.8) is 0 Å². The zero-order valence-corrected chi connectivity index (χ0v) is 10.4. The summed E-state index contributed by atoms with van der Waals surface area (Å²) in [7, 11) is 0. The molecule has 1 aromatic carbocycles. The van der Waals surface area contributed by atoms with Crippen molar-refractivity contribution in [2.75, 3.05) is 0 Å². The van der Waals surface area contributed by atoms with Gasteiger partial charge < -0.3 is 5.32 Å². The van der Waals surface area contributed by atoms with E-state index in [1.54, 1.807) is 6.20 Å². The summed E-state index contributed by atoms with van der Waals surface area (Å²) in [6.45, 7) is 7.79. The zero-order valence-electron chi connectivity index (χ0n) is 10.4. The topological polar surface area (TPSA) is 29.1 Å². The lowest BCUT2D eigenvalue weighted by atomic mass is 10.1. The summed E-state index contributed by atoms with van der Waals surface area (Å²) in [5.41, 5.74) is 1.83. The van der Waals surface area contributed by atoms with Gasteiger partial charge in [0.15, 0.2) is 0 Å². The van der Waals surface area contributed by atoms with Crippen molar-refractivity contribution in [2.24, 2.45) is 5.92 Å². The van der Waals surface area contributed by atoms with Crippen LogP contribution in [-0.4, -0.2) is 5.91 Å². The Hall–Kier alpha value is -1.83. The van der Waals surface area contributed by atoms with Crippen molar-refractivity contribution < 1.29 is 4.79 Å². The van der Waals surface area contributed by atoms with Gasteiger partial charge in [0.1, 0.15) is 0 Å². The van der Waals surface area contributed by atoms with Crippen LogP contribution >= 0.6 is 0 Å². The normalized spacial score (nSPS) is 12.4. The number of carbonyl (C=O) groups is 1. The van der Waals surface area contributed by atoms with Gasteiger partial charge in [-0.05, 0) is 31.4 Å². The molecule has 1 amide bonds. The summed E-state index contributed by atoms with van der Waals surface area (Å²) in [6.07, 6.45) is 6.42. The molecule has 2 heteroatoms. The molecule has 0 unspecified atom stereocenters. The molecule has 0 aromatic heterocycles. The SMILES string of the molecule is C=C[C@H](C)C/C=C/NC(=O)c1ccc(C)cc1. The third-order valence-electron chi connectivity index (χ3n) is 2.56. The molecule has 17 heavy (non-hydrogen) atoms. The van der Waals surface area contributed by atoms with Crippen LogP contribution in [0.2, 0.25) is 0 Å². The summed E-state index contributed by atoms with van der Waals surface area (Å²) in [5, 5.41) is 2.74. The fourth-order valence-corrected chi connectivity index (χ4v) is 1.30. The van der Waals surface area contributed by atoms with Gasteiger partial charge in [-0.2, -0.15) is 0 Å². The van der Waals surface area contributed by atoms with Crippen molar-refractivity contribution in [3.05, 3.63) is 60.3 Å². The van der Waals surface area contributed by atoms with Crippen LogP contribution in [0.5, 0.6) is 0 Å². The van der Waals surface area contributed by atoms with Crippen LogP contribution in [-0.2, 0) is 0 Å². The number of hydrogen-bond acceptors (Lipinski definition) is 1. The van der Waals surface area contributed by atoms with Crippen LogP contribution in [0.3, 0.4) is 0 Å². The third kappa shape index (κ3) is 4.68. The van der Waals surface area contributed by atoms with Crippen LogP contribution in [0, 0.1) is 12.8 Å². The summed E-state index contributed by atoms with van der Waals surface area (Å²) in [6, 6.07) is 7.51. The molecule has 1 N–H and O–H groups in total. The first-order valence-electron chi connectivity index (χ1n) is 5.78. The molecule has 0 aliphatic carbocycles. The Morgan fingerprint density at radius 3 is 2.65 bits per heavy atom. The third-order valence-corrected chi connectivity index (χ3v) is 2.56. The molecule has 0 saturated heterocycles. The van der Waals surface area contributed by atoms with Gasteiger partial charge in [-0.3, -0.25) is 4.79 Å². The van der Waals surface area contributed by atoms with Crippen LogP contribution in [0.1, 0.15) is 29.3 Å². The Balaban J connectivity index is 2.44. The summed E-state index contributed by atoms with van der Waals surface area (Å²) < 4.78 is 0. The Morgan fingerprint density at radius 2 is 2.06 bits per heavy atom. The molecule has 1 atom stereocenters. The average molecular weight is 229 g/mol. The number of nitrogens with one attached hydrogen (secondary N) is 1. The zero-order chi connectivity index (χ0) is 12.7. The van der Waals surface area contributed by atoms with Gasteiger partial charge in [0.05, 0.1) is 0 Å². The van der Waals surface area contributed by atoms with E-state index in [4.69, 9.17) is 0 Å². The predicted octanol–water partition coefficient (Wildman–Crippen LogP) is 3.45. The van der Waals surface area contributed by atoms with Gasteiger partial charge >= 0.3 is 0 Å². The van der Waals surface area contributed by atoms with Gasteiger partial charge in [0.25, 0.3) is 5.91 Å². The number of rotatable bonds is 5. The van der Waals surface area contributed by atoms with Gasteiger partial charge in [-0.25, -0.2) is 0 Å². The van der Waals surface area contributed by atoms with E-state index < -0.39 is 0 Å². The minimum Gasteiger partial charge on any atom is -0.329 e. The Bertz CT molecular complexity index is 403. The molecule has 0 spiro atoms. The molecule has 0 fully saturated rings. The van der Waals surface area contributed by atoms with Crippen molar-refractivity contribution in [3.8, 4) is 0 Å². The second-order valence-electron chi connectivity index (χ2n) is 4.19. The highest BCUT2D eigenvalue weighted by Gasteiger charge is 2.01. The second-order valence-corrected chi connectivity index (χ2v) is 4.19. The highest BCUT2D eigenvalue weighted by atomic mass is 16.1. The maximum absolute atomic E-state index is 11.7. The lowest BCUT2D eigenvalue weighted by molar-refractivity contribution is 0.0970. The molecule has 2 nitrogen and oxygen atoms in total. The van der Waals surface area contributed by atoms with Gasteiger partial charge in [0, 0.05) is 11.8 Å². The smallest absolute Gasteiger partial charge is 0.255 e. The van der Waals surface area contributed by atoms with Crippen molar-refractivity contribution in [1.29, 1.82) is 0 Å². The van der Waals surface area contributed by atoms with Crippen molar-refractivity contribution in [1.82, 2.24) is 5.32 Å². The van der Waals surface area contributed by atoms with E-state index in [2.05, 4.69) is 18.8 Å². The average Bonchev–Trinajstić information content (AvgIpc) is 2.34. The lowest BCUT2D eigenvalue weighted by Gasteiger charge is -2.02. The fourth-order valence-electron chi connectivity index (χ4n) is 1.30. The van der Waals surface area contributed by atoms with E-state index in [0.717, 1.165) is 12.0 Å².